The van der Waals surface area contributed by atoms with Crippen molar-refractivity contribution in [3.8, 4) is 0 Å². The molecule has 1 aliphatic heterocycles. The normalized spacial score (nSPS) is 39.9. The van der Waals surface area contributed by atoms with Gasteiger partial charge in [-0.25, -0.2) is 0 Å². The van der Waals surface area contributed by atoms with E-state index in [2.05, 4.69) is 0 Å². The lowest BCUT2D eigenvalue weighted by atomic mass is 10.3. The lowest BCUT2D eigenvalue weighted by Crippen LogP contribution is -2.14. The standard InChI is InChI=1S/C5H9F3OSi/c1-10(9)3-4(10)2-5(6,7)8/h4,9H,2-3H2,1H3. The molecule has 5 heteroatoms. The topological polar surface area (TPSA) is 20.2 Å². The SMILES string of the molecule is C[Si]1(O)CC1CC(F)(F)F. The van der Waals surface area contributed by atoms with Gasteiger partial charge in [-0.15, -0.1) is 0 Å². The average Bonchev–Trinajstić information content (AvgIpc) is 2.05. The molecule has 0 radical (unpaired) electrons. The molecule has 0 bridgehead atoms. The molecule has 1 heterocycles. The van der Waals surface area contributed by atoms with Gasteiger partial charge in [-0.3, -0.25) is 0 Å². The Bertz CT molecular complexity index is 142. The second-order valence-corrected chi connectivity index (χ2v) is 7.02. The van der Waals surface area contributed by atoms with Crippen LogP contribution in [-0.2, 0) is 0 Å². The molecular weight excluding hydrogens is 161 g/mol. The number of hydrogen-bond acceptors (Lipinski definition) is 1. The Morgan fingerprint density at radius 1 is 1.60 bits per heavy atom. The summed E-state index contributed by atoms with van der Waals surface area (Å²) in [6.07, 6.45) is -4.87. The first-order chi connectivity index (χ1) is 4.31. The molecule has 2 unspecified atom stereocenters. The van der Waals surface area contributed by atoms with E-state index in [9.17, 15) is 13.2 Å². The quantitative estimate of drug-likeness (QED) is 0.596. The van der Waals surface area contributed by atoms with E-state index in [0.29, 0.717) is 6.04 Å². The van der Waals surface area contributed by atoms with Gasteiger partial charge in [-0.1, -0.05) is 0 Å². The molecule has 0 saturated carbocycles. The monoisotopic (exact) mass is 170 g/mol. The van der Waals surface area contributed by atoms with Crippen LogP contribution in [0.1, 0.15) is 6.42 Å². The van der Waals surface area contributed by atoms with Crippen molar-refractivity contribution in [1.29, 1.82) is 0 Å². The van der Waals surface area contributed by atoms with Crippen molar-refractivity contribution >= 4 is 8.32 Å². The van der Waals surface area contributed by atoms with Crippen molar-refractivity contribution in [1.82, 2.24) is 0 Å². The van der Waals surface area contributed by atoms with Gasteiger partial charge in [-0.05, 0) is 18.1 Å². The fourth-order valence-corrected chi connectivity index (χ4v) is 3.59. The summed E-state index contributed by atoms with van der Waals surface area (Å²) in [5.41, 5.74) is -0.424. The summed E-state index contributed by atoms with van der Waals surface area (Å²) < 4.78 is 34.8. The highest BCUT2D eigenvalue weighted by molar-refractivity contribution is 6.83. The van der Waals surface area contributed by atoms with Crippen LogP contribution in [0.25, 0.3) is 0 Å². The van der Waals surface area contributed by atoms with Gasteiger partial charge in [0.25, 0.3) is 0 Å². The summed E-state index contributed by atoms with van der Waals surface area (Å²) in [4.78, 5) is 9.09. The zero-order valence-corrected chi connectivity index (χ0v) is 6.57. The van der Waals surface area contributed by atoms with Crippen LogP contribution in [0.5, 0.6) is 0 Å². The van der Waals surface area contributed by atoms with Gasteiger partial charge in [0.1, 0.15) is 0 Å². The lowest BCUT2D eigenvalue weighted by molar-refractivity contribution is -0.133. The third kappa shape index (κ3) is 1.98. The van der Waals surface area contributed by atoms with E-state index in [1.54, 1.807) is 6.55 Å². The molecule has 1 fully saturated rings. The number of rotatable bonds is 1. The highest BCUT2D eigenvalue weighted by atomic mass is 28.4. The van der Waals surface area contributed by atoms with E-state index in [1.165, 1.54) is 0 Å². The van der Waals surface area contributed by atoms with Gasteiger partial charge in [0, 0.05) is 6.42 Å². The van der Waals surface area contributed by atoms with Crippen LogP contribution in [0.3, 0.4) is 0 Å². The molecule has 1 nitrogen and oxygen atoms in total. The molecule has 2 atom stereocenters. The molecular formula is C5H9F3OSi. The van der Waals surface area contributed by atoms with Crippen molar-refractivity contribution in [2.75, 3.05) is 0 Å². The maximum atomic E-state index is 11.6. The Morgan fingerprint density at radius 3 is 2.10 bits per heavy atom. The van der Waals surface area contributed by atoms with Gasteiger partial charge >= 0.3 is 6.18 Å². The van der Waals surface area contributed by atoms with Crippen molar-refractivity contribution in [3.63, 3.8) is 0 Å². The zero-order valence-electron chi connectivity index (χ0n) is 5.57. The van der Waals surface area contributed by atoms with Crippen LogP contribution in [0, 0.1) is 0 Å². The highest BCUT2D eigenvalue weighted by Crippen LogP contribution is 2.52. The predicted octanol–water partition coefficient (Wildman–Crippen LogP) is 1.89. The van der Waals surface area contributed by atoms with Crippen LogP contribution in [-0.4, -0.2) is 19.3 Å². The molecule has 0 aromatic carbocycles. The fraction of sp³-hybridized carbons (Fsp3) is 1.00. The second kappa shape index (κ2) is 1.98. The summed E-state index contributed by atoms with van der Waals surface area (Å²) in [7, 11) is -2.32. The Kier molecular flexibility index (Phi) is 1.59. The van der Waals surface area contributed by atoms with Gasteiger partial charge in [0.05, 0.1) is 0 Å². The summed E-state index contributed by atoms with van der Waals surface area (Å²) >= 11 is 0. The van der Waals surface area contributed by atoms with Crippen molar-refractivity contribution in [2.24, 2.45) is 0 Å². The minimum atomic E-state index is -4.09. The summed E-state index contributed by atoms with van der Waals surface area (Å²) in [5.74, 6) is 0. The Hall–Kier alpha value is -0.0331. The van der Waals surface area contributed by atoms with Crippen LogP contribution in [0.15, 0.2) is 0 Å². The van der Waals surface area contributed by atoms with E-state index < -0.39 is 26.5 Å². The summed E-state index contributed by atoms with van der Waals surface area (Å²) in [6.45, 7) is 1.57. The minimum absolute atomic E-state index is 0.423. The first-order valence-electron chi connectivity index (χ1n) is 3.10. The predicted molar refractivity (Wildman–Crippen MR) is 33.1 cm³/mol. The van der Waals surface area contributed by atoms with Crippen LogP contribution < -0.4 is 0 Å². The fourth-order valence-electron chi connectivity index (χ4n) is 1.01. The van der Waals surface area contributed by atoms with Crippen molar-refractivity contribution in [3.05, 3.63) is 0 Å². The molecule has 1 N–H and O–H groups in total. The summed E-state index contributed by atoms with van der Waals surface area (Å²) in [6, 6.07) is 0.423. The summed E-state index contributed by atoms with van der Waals surface area (Å²) in [5, 5.41) is 0. The maximum Gasteiger partial charge on any atom is 0.389 e. The van der Waals surface area contributed by atoms with E-state index in [4.69, 9.17) is 4.80 Å². The first-order valence-corrected chi connectivity index (χ1v) is 5.83. The smallest absolute Gasteiger partial charge is 0.389 e. The van der Waals surface area contributed by atoms with Crippen LogP contribution in [0.2, 0.25) is 18.1 Å². The second-order valence-electron chi connectivity index (χ2n) is 3.08. The Labute approximate surface area is 58.0 Å². The molecule has 0 aromatic heterocycles. The average molecular weight is 170 g/mol. The Balaban J connectivity index is 2.31. The molecule has 1 aliphatic rings. The minimum Gasteiger partial charge on any atom is -0.432 e. The Morgan fingerprint density at radius 2 is 2.00 bits per heavy atom. The van der Waals surface area contributed by atoms with Gasteiger partial charge < -0.3 is 4.80 Å². The third-order valence-electron chi connectivity index (χ3n) is 1.86. The molecule has 10 heavy (non-hydrogen) atoms. The molecule has 0 aromatic rings. The molecule has 1 saturated heterocycles. The first kappa shape index (κ1) is 8.07. The van der Waals surface area contributed by atoms with E-state index in [0.717, 1.165) is 0 Å². The van der Waals surface area contributed by atoms with Crippen LogP contribution >= 0.6 is 0 Å². The molecule has 0 spiro atoms. The third-order valence-corrected chi connectivity index (χ3v) is 4.82. The highest BCUT2D eigenvalue weighted by Gasteiger charge is 2.55. The van der Waals surface area contributed by atoms with E-state index >= 15 is 0 Å². The maximum absolute atomic E-state index is 11.6. The van der Waals surface area contributed by atoms with Gasteiger partial charge in [0.2, 0.25) is 0 Å². The molecule has 0 aliphatic carbocycles. The van der Waals surface area contributed by atoms with E-state index in [-0.39, 0.29) is 0 Å². The molecule has 1 rings (SSSR count). The molecule has 0 amide bonds. The van der Waals surface area contributed by atoms with E-state index in [1.807, 2.05) is 0 Å². The number of alkyl halides is 3. The largest absolute Gasteiger partial charge is 0.432 e. The number of hydrogen-bond donors (Lipinski definition) is 1. The molecule has 60 valence electrons. The van der Waals surface area contributed by atoms with Crippen molar-refractivity contribution in [2.45, 2.75) is 30.7 Å². The lowest BCUT2D eigenvalue weighted by Gasteiger charge is -2.04. The van der Waals surface area contributed by atoms with Gasteiger partial charge in [-0.2, -0.15) is 13.2 Å². The zero-order chi connectivity index (χ0) is 7.99. The van der Waals surface area contributed by atoms with Crippen LogP contribution in [0.4, 0.5) is 13.2 Å². The van der Waals surface area contributed by atoms with Crippen molar-refractivity contribution < 1.29 is 18.0 Å². The van der Waals surface area contributed by atoms with Gasteiger partial charge in [0.15, 0.2) is 8.32 Å². The number of halogens is 3.